The SMILES string of the molecule is O=C(CO[C@H]1CO[C@]2(CCN(c3ncc(F)cn3)C2)C1)N1CCCC1. The second kappa shape index (κ2) is 6.84. The minimum Gasteiger partial charge on any atom is -0.370 e. The summed E-state index contributed by atoms with van der Waals surface area (Å²) < 4.78 is 24.8. The Labute approximate surface area is 146 Å². The van der Waals surface area contributed by atoms with Crippen molar-refractivity contribution >= 4 is 11.9 Å². The zero-order chi connectivity index (χ0) is 17.3. The highest BCUT2D eigenvalue weighted by atomic mass is 19.1. The van der Waals surface area contributed by atoms with Gasteiger partial charge in [-0.25, -0.2) is 14.4 Å². The van der Waals surface area contributed by atoms with Gasteiger partial charge in [0.15, 0.2) is 5.82 Å². The Morgan fingerprint density at radius 1 is 1.32 bits per heavy atom. The summed E-state index contributed by atoms with van der Waals surface area (Å²) in [6.07, 6.45) is 6.09. The summed E-state index contributed by atoms with van der Waals surface area (Å²) in [5.74, 6) is 0.160. The lowest BCUT2D eigenvalue weighted by Crippen LogP contribution is -2.35. The lowest BCUT2D eigenvalue weighted by atomic mass is 9.98. The van der Waals surface area contributed by atoms with Crippen LogP contribution in [0.3, 0.4) is 0 Å². The first-order chi connectivity index (χ1) is 12.1. The van der Waals surface area contributed by atoms with Crippen molar-refractivity contribution in [3.63, 3.8) is 0 Å². The van der Waals surface area contributed by atoms with Gasteiger partial charge in [0.2, 0.25) is 11.9 Å². The van der Waals surface area contributed by atoms with Crippen LogP contribution in [0.1, 0.15) is 25.7 Å². The van der Waals surface area contributed by atoms with Gasteiger partial charge in [-0.15, -0.1) is 0 Å². The lowest BCUT2D eigenvalue weighted by molar-refractivity contribution is -0.137. The van der Waals surface area contributed by atoms with Crippen LogP contribution in [0.5, 0.6) is 0 Å². The molecule has 0 N–H and O–H groups in total. The number of halogens is 1. The molecule has 4 rings (SSSR count). The number of ether oxygens (including phenoxy) is 2. The van der Waals surface area contributed by atoms with Crippen LogP contribution in [0.25, 0.3) is 0 Å². The quantitative estimate of drug-likeness (QED) is 0.807. The van der Waals surface area contributed by atoms with Crippen molar-refractivity contribution in [1.82, 2.24) is 14.9 Å². The number of anilines is 1. The summed E-state index contributed by atoms with van der Waals surface area (Å²) >= 11 is 0. The second-order valence-corrected chi connectivity index (χ2v) is 7.09. The molecular weight excluding hydrogens is 327 g/mol. The molecule has 1 amide bonds. The minimum absolute atomic E-state index is 0.0550. The van der Waals surface area contributed by atoms with E-state index in [0.717, 1.165) is 45.3 Å². The molecule has 136 valence electrons. The predicted octanol–water partition coefficient (Wildman–Crippen LogP) is 0.992. The Hall–Kier alpha value is -1.80. The summed E-state index contributed by atoms with van der Waals surface area (Å²) in [5.41, 5.74) is -0.279. The Balaban J connectivity index is 1.28. The first-order valence-electron chi connectivity index (χ1n) is 8.89. The topological polar surface area (TPSA) is 67.8 Å². The molecule has 0 aliphatic carbocycles. The summed E-state index contributed by atoms with van der Waals surface area (Å²) in [7, 11) is 0. The molecule has 3 aliphatic rings. The maximum Gasteiger partial charge on any atom is 0.248 e. The maximum atomic E-state index is 13.0. The third-order valence-electron chi connectivity index (χ3n) is 5.28. The van der Waals surface area contributed by atoms with Crippen molar-refractivity contribution in [3.8, 4) is 0 Å². The fourth-order valence-electron chi connectivity index (χ4n) is 3.93. The zero-order valence-corrected chi connectivity index (χ0v) is 14.2. The van der Waals surface area contributed by atoms with Gasteiger partial charge < -0.3 is 19.3 Å². The van der Waals surface area contributed by atoms with E-state index in [9.17, 15) is 9.18 Å². The van der Waals surface area contributed by atoms with Crippen LogP contribution < -0.4 is 4.90 Å². The molecule has 1 aromatic rings. The predicted molar refractivity (Wildman–Crippen MR) is 87.7 cm³/mol. The third-order valence-corrected chi connectivity index (χ3v) is 5.28. The van der Waals surface area contributed by atoms with Crippen LogP contribution in [0.15, 0.2) is 12.4 Å². The molecule has 3 saturated heterocycles. The number of carbonyl (C=O) groups excluding carboxylic acids is 1. The summed E-state index contributed by atoms with van der Waals surface area (Å²) in [4.78, 5) is 24.0. The number of likely N-dealkylation sites (tertiary alicyclic amines) is 1. The van der Waals surface area contributed by atoms with E-state index >= 15 is 0 Å². The number of rotatable bonds is 4. The molecule has 8 heteroatoms. The number of hydrogen-bond donors (Lipinski definition) is 0. The number of amides is 1. The molecule has 0 radical (unpaired) electrons. The van der Waals surface area contributed by atoms with Crippen LogP contribution in [0, 0.1) is 5.82 Å². The molecule has 4 heterocycles. The molecule has 1 aromatic heterocycles. The van der Waals surface area contributed by atoms with E-state index in [1.807, 2.05) is 9.80 Å². The minimum atomic E-state index is -0.439. The largest absolute Gasteiger partial charge is 0.370 e. The van der Waals surface area contributed by atoms with Crippen molar-refractivity contribution < 1.29 is 18.7 Å². The average Bonchev–Trinajstić information content (AvgIpc) is 3.36. The van der Waals surface area contributed by atoms with Crippen LogP contribution >= 0.6 is 0 Å². The fraction of sp³-hybridized carbons (Fsp3) is 0.706. The smallest absolute Gasteiger partial charge is 0.248 e. The highest BCUT2D eigenvalue weighted by Crippen LogP contribution is 2.37. The molecule has 3 fully saturated rings. The summed E-state index contributed by atoms with van der Waals surface area (Å²) in [6, 6.07) is 0. The zero-order valence-electron chi connectivity index (χ0n) is 14.2. The first kappa shape index (κ1) is 16.7. The van der Waals surface area contributed by atoms with Crippen molar-refractivity contribution in [2.75, 3.05) is 44.3 Å². The number of carbonyl (C=O) groups is 1. The van der Waals surface area contributed by atoms with Crippen molar-refractivity contribution in [2.24, 2.45) is 0 Å². The fourth-order valence-corrected chi connectivity index (χ4v) is 3.93. The van der Waals surface area contributed by atoms with E-state index in [1.165, 1.54) is 12.4 Å². The molecule has 0 bridgehead atoms. The van der Waals surface area contributed by atoms with E-state index < -0.39 is 5.82 Å². The van der Waals surface area contributed by atoms with Gasteiger partial charge >= 0.3 is 0 Å². The lowest BCUT2D eigenvalue weighted by Gasteiger charge is -2.23. The Morgan fingerprint density at radius 2 is 2.08 bits per heavy atom. The van der Waals surface area contributed by atoms with E-state index in [1.54, 1.807) is 0 Å². The van der Waals surface area contributed by atoms with E-state index in [-0.39, 0.29) is 24.2 Å². The molecule has 7 nitrogen and oxygen atoms in total. The van der Waals surface area contributed by atoms with Gasteiger partial charge in [-0.2, -0.15) is 0 Å². The van der Waals surface area contributed by atoms with Crippen LogP contribution in [-0.2, 0) is 14.3 Å². The summed E-state index contributed by atoms with van der Waals surface area (Å²) in [5, 5.41) is 0. The molecule has 3 aliphatic heterocycles. The highest BCUT2D eigenvalue weighted by Gasteiger charge is 2.46. The van der Waals surface area contributed by atoms with Gasteiger partial charge in [0.25, 0.3) is 0 Å². The normalized spacial score (nSPS) is 29.1. The molecule has 0 aromatic carbocycles. The standard InChI is InChI=1S/C17H23FN4O3/c18-13-8-19-16(20-9-13)22-6-3-17(12-22)7-14(10-25-17)24-11-15(23)21-4-1-2-5-21/h8-9,14H,1-7,10-12H2/t14-,17-/m1/s1. The van der Waals surface area contributed by atoms with Crippen LogP contribution in [-0.4, -0.2) is 71.9 Å². The van der Waals surface area contributed by atoms with Crippen molar-refractivity contribution in [3.05, 3.63) is 18.2 Å². The Morgan fingerprint density at radius 3 is 2.84 bits per heavy atom. The number of aromatic nitrogens is 2. The Kier molecular flexibility index (Phi) is 4.56. The molecular formula is C17H23FN4O3. The third kappa shape index (κ3) is 3.59. The van der Waals surface area contributed by atoms with E-state index in [4.69, 9.17) is 9.47 Å². The number of nitrogens with zero attached hydrogens (tertiary/aromatic N) is 4. The highest BCUT2D eigenvalue weighted by molar-refractivity contribution is 5.77. The molecule has 1 spiro atoms. The summed E-state index contributed by atoms with van der Waals surface area (Å²) in [6.45, 7) is 3.77. The maximum absolute atomic E-state index is 13.0. The van der Waals surface area contributed by atoms with Gasteiger partial charge in [0.05, 0.1) is 37.3 Å². The first-order valence-corrected chi connectivity index (χ1v) is 8.89. The molecule has 2 atom stereocenters. The monoisotopic (exact) mass is 350 g/mol. The Bertz CT molecular complexity index is 623. The van der Waals surface area contributed by atoms with Gasteiger partial charge in [-0.3, -0.25) is 4.79 Å². The average molecular weight is 350 g/mol. The van der Waals surface area contributed by atoms with Crippen molar-refractivity contribution in [1.29, 1.82) is 0 Å². The van der Waals surface area contributed by atoms with Crippen LogP contribution in [0.4, 0.5) is 10.3 Å². The second-order valence-electron chi connectivity index (χ2n) is 7.09. The molecule has 0 unspecified atom stereocenters. The van der Waals surface area contributed by atoms with E-state index in [0.29, 0.717) is 19.1 Å². The molecule has 25 heavy (non-hydrogen) atoms. The number of hydrogen-bond acceptors (Lipinski definition) is 6. The van der Waals surface area contributed by atoms with Gasteiger partial charge in [-0.1, -0.05) is 0 Å². The van der Waals surface area contributed by atoms with E-state index in [2.05, 4.69) is 9.97 Å². The van der Waals surface area contributed by atoms with Gasteiger partial charge in [-0.05, 0) is 19.3 Å². The van der Waals surface area contributed by atoms with Gasteiger partial charge in [0.1, 0.15) is 6.61 Å². The molecule has 0 saturated carbocycles. The van der Waals surface area contributed by atoms with Crippen molar-refractivity contribution in [2.45, 2.75) is 37.4 Å². The van der Waals surface area contributed by atoms with Gasteiger partial charge in [0, 0.05) is 26.1 Å². The van der Waals surface area contributed by atoms with Crippen LogP contribution in [0.2, 0.25) is 0 Å².